The molecule has 0 aliphatic carbocycles. The highest BCUT2D eigenvalue weighted by molar-refractivity contribution is 6.36. The topological polar surface area (TPSA) is 68.7 Å². The van der Waals surface area contributed by atoms with Gasteiger partial charge in [0.2, 0.25) is 0 Å². The Morgan fingerprint density at radius 1 is 1.32 bits per heavy atom. The molecule has 1 aliphatic rings. The van der Waals surface area contributed by atoms with E-state index in [2.05, 4.69) is 16.4 Å². The molecule has 0 saturated carbocycles. The highest BCUT2D eigenvalue weighted by Gasteiger charge is 2.26. The Kier molecular flexibility index (Phi) is 2.46. The van der Waals surface area contributed by atoms with Gasteiger partial charge >= 0.3 is 0 Å². The maximum atomic E-state index is 12.1. The second kappa shape index (κ2) is 4.14. The van der Waals surface area contributed by atoms with Crippen molar-refractivity contribution in [1.82, 2.24) is 4.98 Å². The van der Waals surface area contributed by atoms with Gasteiger partial charge in [0.05, 0.1) is 17.2 Å². The lowest BCUT2D eigenvalue weighted by molar-refractivity contribution is -0.110. The van der Waals surface area contributed by atoms with E-state index in [-0.39, 0.29) is 5.91 Å². The quantitative estimate of drug-likeness (QED) is 0.763. The summed E-state index contributed by atoms with van der Waals surface area (Å²) in [7, 11) is 0. The summed E-state index contributed by atoms with van der Waals surface area (Å²) in [6, 6.07) is 11.1. The molecular weight excluding hydrogens is 238 g/mol. The summed E-state index contributed by atoms with van der Waals surface area (Å²) in [5, 5.41) is 11.8. The highest BCUT2D eigenvalue weighted by Crippen LogP contribution is 2.36. The molecule has 0 radical (unpaired) electrons. The van der Waals surface area contributed by atoms with E-state index in [0.717, 1.165) is 22.5 Å². The monoisotopic (exact) mass is 249 g/mol. The number of H-pyrrole nitrogens is 1. The van der Waals surface area contributed by atoms with Crippen LogP contribution in [0.1, 0.15) is 23.7 Å². The molecule has 0 fully saturated rings. The summed E-state index contributed by atoms with van der Waals surface area (Å²) < 4.78 is 0. The number of hydrogen-bond donors (Lipinski definition) is 2. The first-order valence-corrected chi connectivity index (χ1v) is 5.91. The van der Waals surface area contributed by atoms with Crippen LogP contribution in [0.2, 0.25) is 0 Å². The van der Waals surface area contributed by atoms with Crippen LogP contribution < -0.4 is 5.32 Å². The van der Waals surface area contributed by atoms with Gasteiger partial charge in [-0.05, 0) is 42.8 Å². The lowest BCUT2D eigenvalue weighted by atomic mass is 9.98. The minimum Gasteiger partial charge on any atom is -0.361 e. The largest absolute Gasteiger partial charge is 0.361 e. The average Bonchev–Trinajstić information content (AvgIpc) is 3.03. The number of aromatic nitrogens is 1. The van der Waals surface area contributed by atoms with Crippen molar-refractivity contribution >= 4 is 22.7 Å². The van der Waals surface area contributed by atoms with Crippen LogP contribution in [0.15, 0.2) is 36.5 Å². The van der Waals surface area contributed by atoms with Crippen molar-refractivity contribution in [3.8, 4) is 6.07 Å². The minimum absolute atomic E-state index is 0.128. The van der Waals surface area contributed by atoms with E-state index in [1.54, 1.807) is 18.2 Å². The third-order valence-corrected chi connectivity index (χ3v) is 3.27. The minimum atomic E-state index is -0.128. The molecule has 0 spiro atoms. The predicted octanol–water partition coefficient (Wildman–Crippen LogP) is 2.77. The molecular formula is C15H11N3O. The zero-order chi connectivity index (χ0) is 13.4. The fourth-order valence-corrected chi connectivity index (χ4v) is 2.31. The fourth-order valence-electron chi connectivity index (χ4n) is 2.31. The predicted molar refractivity (Wildman–Crippen MR) is 73.1 cm³/mol. The number of benzene rings is 1. The molecule has 1 aromatic carbocycles. The third-order valence-electron chi connectivity index (χ3n) is 3.27. The highest BCUT2D eigenvalue weighted by atomic mass is 16.2. The second-order valence-electron chi connectivity index (χ2n) is 4.41. The number of carbonyl (C=O) groups excluding carboxylic acids is 1. The molecule has 0 bridgehead atoms. The van der Waals surface area contributed by atoms with Crippen molar-refractivity contribution in [2.24, 2.45) is 0 Å². The van der Waals surface area contributed by atoms with Crippen LogP contribution in [0, 0.1) is 11.3 Å². The molecule has 2 aromatic rings. The molecule has 1 aromatic heterocycles. The number of anilines is 1. The van der Waals surface area contributed by atoms with Crippen LogP contribution in [0.4, 0.5) is 5.69 Å². The summed E-state index contributed by atoms with van der Waals surface area (Å²) >= 11 is 0. The Balaban J connectivity index is 2.23. The van der Waals surface area contributed by atoms with Crippen molar-refractivity contribution in [2.75, 3.05) is 5.32 Å². The summed E-state index contributed by atoms with van der Waals surface area (Å²) in [6.45, 7) is 1.90. The molecule has 19 heavy (non-hydrogen) atoms. The van der Waals surface area contributed by atoms with Crippen molar-refractivity contribution in [3.63, 3.8) is 0 Å². The van der Waals surface area contributed by atoms with E-state index in [0.29, 0.717) is 11.1 Å². The molecule has 1 amide bonds. The van der Waals surface area contributed by atoms with Crippen LogP contribution >= 0.6 is 0 Å². The van der Waals surface area contributed by atoms with Gasteiger partial charge in [0, 0.05) is 23.1 Å². The first kappa shape index (κ1) is 11.3. The first-order chi connectivity index (χ1) is 9.20. The number of hydrogen-bond acceptors (Lipinski definition) is 2. The van der Waals surface area contributed by atoms with E-state index in [1.165, 1.54) is 0 Å². The lowest BCUT2D eigenvalue weighted by Gasteiger charge is -2.04. The fraction of sp³-hybridized carbons (Fsp3) is 0.0667. The molecule has 4 heteroatoms. The van der Waals surface area contributed by atoms with E-state index >= 15 is 0 Å². The molecule has 92 valence electrons. The van der Waals surface area contributed by atoms with E-state index in [9.17, 15) is 4.79 Å². The number of nitrogens with zero attached hydrogens (tertiary/aromatic N) is 1. The van der Waals surface area contributed by atoms with Crippen molar-refractivity contribution in [2.45, 2.75) is 6.92 Å². The van der Waals surface area contributed by atoms with Crippen LogP contribution in [0.3, 0.4) is 0 Å². The molecule has 0 saturated heterocycles. The van der Waals surface area contributed by atoms with Crippen LogP contribution in [-0.2, 0) is 4.79 Å². The molecule has 2 heterocycles. The van der Waals surface area contributed by atoms with E-state index in [4.69, 9.17) is 5.26 Å². The number of amides is 1. The summed E-state index contributed by atoms with van der Waals surface area (Å²) in [6.07, 6.45) is 1.82. The van der Waals surface area contributed by atoms with Crippen molar-refractivity contribution in [3.05, 3.63) is 53.3 Å². The van der Waals surface area contributed by atoms with Gasteiger partial charge in [-0.1, -0.05) is 0 Å². The van der Waals surface area contributed by atoms with E-state index < -0.39 is 0 Å². The number of rotatable bonds is 1. The van der Waals surface area contributed by atoms with Gasteiger partial charge in [0.15, 0.2) is 0 Å². The second-order valence-corrected chi connectivity index (χ2v) is 4.41. The number of nitrogens with one attached hydrogen (secondary N) is 2. The standard InChI is InChI=1S/C15H11N3O/c1-9(12-3-2-6-17-12)14-11-7-10(8-16)4-5-13(11)18-15(14)19/h2-7,17H,1H3,(H,18,19). The molecule has 4 nitrogen and oxygen atoms in total. The van der Waals surface area contributed by atoms with Gasteiger partial charge in [-0.2, -0.15) is 5.26 Å². The lowest BCUT2D eigenvalue weighted by Crippen LogP contribution is -2.05. The zero-order valence-corrected chi connectivity index (χ0v) is 10.3. The zero-order valence-electron chi connectivity index (χ0n) is 10.3. The third kappa shape index (κ3) is 1.72. The molecule has 0 unspecified atom stereocenters. The van der Waals surface area contributed by atoms with Gasteiger partial charge < -0.3 is 10.3 Å². The summed E-state index contributed by atoms with van der Waals surface area (Å²) in [4.78, 5) is 15.2. The number of carbonyl (C=O) groups is 1. The maximum Gasteiger partial charge on any atom is 0.256 e. The Morgan fingerprint density at radius 2 is 2.16 bits per heavy atom. The Hall–Kier alpha value is -2.80. The van der Waals surface area contributed by atoms with Crippen molar-refractivity contribution in [1.29, 1.82) is 5.26 Å². The smallest absolute Gasteiger partial charge is 0.256 e. The Bertz CT molecular complexity index is 733. The number of fused-ring (bicyclic) bond motifs is 1. The van der Waals surface area contributed by atoms with Gasteiger partial charge in [-0.3, -0.25) is 4.79 Å². The molecule has 2 N–H and O–H groups in total. The van der Waals surface area contributed by atoms with Crippen LogP contribution in [-0.4, -0.2) is 10.9 Å². The molecule has 3 rings (SSSR count). The van der Waals surface area contributed by atoms with Gasteiger partial charge in [-0.15, -0.1) is 0 Å². The summed E-state index contributed by atoms with van der Waals surface area (Å²) in [5.41, 5.74) is 4.49. The number of aromatic amines is 1. The van der Waals surface area contributed by atoms with Crippen LogP contribution in [0.25, 0.3) is 11.1 Å². The van der Waals surface area contributed by atoms with Gasteiger partial charge in [-0.25, -0.2) is 0 Å². The van der Waals surface area contributed by atoms with Gasteiger partial charge in [0.1, 0.15) is 0 Å². The molecule has 0 atom stereocenters. The first-order valence-electron chi connectivity index (χ1n) is 5.91. The maximum absolute atomic E-state index is 12.1. The average molecular weight is 249 g/mol. The van der Waals surface area contributed by atoms with Crippen molar-refractivity contribution < 1.29 is 4.79 Å². The Labute approximate surface area is 110 Å². The molecule has 1 aliphatic heterocycles. The number of allylic oxidation sites excluding steroid dienone is 1. The van der Waals surface area contributed by atoms with Gasteiger partial charge in [0.25, 0.3) is 5.91 Å². The van der Waals surface area contributed by atoms with Crippen LogP contribution in [0.5, 0.6) is 0 Å². The number of nitriles is 1. The van der Waals surface area contributed by atoms with E-state index in [1.807, 2.05) is 25.3 Å². The normalized spacial score (nSPS) is 15.7. The SMILES string of the molecule is CC(=C1C(=O)Nc2ccc(C#N)cc21)c1ccc[nH]1. The Morgan fingerprint density at radius 3 is 2.84 bits per heavy atom. The summed E-state index contributed by atoms with van der Waals surface area (Å²) in [5.74, 6) is -0.128.